The van der Waals surface area contributed by atoms with Gasteiger partial charge in [0.05, 0.1) is 0 Å². The molecule has 2 heteroatoms. The summed E-state index contributed by atoms with van der Waals surface area (Å²) in [4.78, 5) is 0. The lowest BCUT2D eigenvalue weighted by atomic mass is 9.97. The van der Waals surface area contributed by atoms with Gasteiger partial charge in [-0.15, -0.1) is 0 Å². The second kappa shape index (κ2) is 7.46. The molecule has 0 bridgehead atoms. The normalized spacial score (nSPS) is 12.7. The molecule has 0 aliphatic rings. The maximum absolute atomic E-state index is 5.20. The lowest BCUT2D eigenvalue weighted by molar-refractivity contribution is 0.183. The van der Waals surface area contributed by atoms with Crippen LogP contribution in [0.4, 0.5) is 0 Å². The highest BCUT2D eigenvalue weighted by molar-refractivity contribution is 5.33. The van der Waals surface area contributed by atoms with Crippen molar-refractivity contribution in [2.75, 3.05) is 20.3 Å². The molecule has 1 aromatic carbocycles. The van der Waals surface area contributed by atoms with Gasteiger partial charge in [-0.25, -0.2) is 0 Å². The Morgan fingerprint density at radius 1 is 1.29 bits per heavy atom. The minimum atomic E-state index is 0.412. The first-order valence-corrected chi connectivity index (χ1v) is 6.48. The Morgan fingerprint density at radius 3 is 2.71 bits per heavy atom. The zero-order valence-corrected chi connectivity index (χ0v) is 11.5. The molecule has 1 aromatic rings. The summed E-state index contributed by atoms with van der Waals surface area (Å²) in [5.41, 5.74) is 4.10. The number of aryl methyl sites for hydroxylation is 2. The number of nitrogens with one attached hydrogen (secondary N) is 1. The van der Waals surface area contributed by atoms with Crippen LogP contribution < -0.4 is 5.32 Å². The third kappa shape index (κ3) is 4.49. The van der Waals surface area contributed by atoms with E-state index in [4.69, 9.17) is 4.74 Å². The van der Waals surface area contributed by atoms with E-state index in [-0.39, 0.29) is 0 Å². The SMILES string of the molecule is CCCNC(CCOC)c1cc(C)ccc1C. The van der Waals surface area contributed by atoms with E-state index in [0.29, 0.717) is 6.04 Å². The van der Waals surface area contributed by atoms with Gasteiger partial charge < -0.3 is 10.1 Å². The van der Waals surface area contributed by atoms with Crippen LogP contribution in [-0.2, 0) is 4.74 Å². The maximum atomic E-state index is 5.20. The van der Waals surface area contributed by atoms with E-state index in [2.05, 4.69) is 44.3 Å². The van der Waals surface area contributed by atoms with Gasteiger partial charge in [0.1, 0.15) is 0 Å². The van der Waals surface area contributed by atoms with Crippen LogP contribution in [0.1, 0.15) is 42.5 Å². The Balaban J connectivity index is 2.82. The molecule has 0 fully saturated rings. The van der Waals surface area contributed by atoms with Crippen LogP contribution >= 0.6 is 0 Å². The van der Waals surface area contributed by atoms with E-state index in [1.54, 1.807) is 7.11 Å². The van der Waals surface area contributed by atoms with Crippen LogP contribution in [0.3, 0.4) is 0 Å². The molecule has 0 heterocycles. The molecule has 0 aliphatic carbocycles. The Hall–Kier alpha value is -0.860. The zero-order chi connectivity index (χ0) is 12.7. The molecule has 2 nitrogen and oxygen atoms in total. The third-order valence-electron chi connectivity index (χ3n) is 3.06. The molecule has 0 aromatic heterocycles. The predicted molar refractivity (Wildman–Crippen MR) is 73.4 cm³/mol. The summed E-state index contributed by atoms with van der Waals surface area (Å²) in [6, 6.07) is 7.08. The van der Waals surface area contributed by atoms with Gasteiger partial charge >= 0.3 is 0 Å². The smallest absolute Gasteiger partial charge is 0.0480 e. The Kier molecular flexibility index (Phi) is 6.23. The van der Waals surface area contributed by atoms with Crippen LogP contribution in [0.25, 0.3) is 0 Å². The van der Waals surface area contributed by atoms with Crippen molar-refractivity contribution in [1.82, 2.24) is 5.32 Å². The van der Waals surface area contributed by atoms with Gasteiger partial charge in [-0.1, -0.05) is 30.7 Å². The molecular formula is C15H25NO. The van der Waals surface area contributed by atoms with Crippen molar-refractivity contribution in [2.45, 2.75) is 39.7 Å². The van der Waals surface area contributed by atoms with Crippen molar-refractivity contribution in [3.8, 4) is 0 Å². The molecule has 1 unspecified atom stereocenters. The van der Waals surface area contributed by atoms with Crippen molar-refractivity contribution in [1.29, 1.82) is 0 Å². The first-order chi connectivity index (χ1) is 8.19. The average molecular weight is 235 g/mol. The molecule has 0 amide bonds. The molecule has 0 aliphatic heterocycles. The highest BCUT2D eigenvalue weighted by Crippen LogP contribution is 2.22. The van der Waals surface area contributed by atoms with Gasteiger partial charge in [0.25, 0.3) is 0 Å². The monoisotopic (exact) mass is 235 g/mol. The van der Waals surface area contributed by atoms with E-state index in [1.807, 2.05) is 0 Å². The van der Waals surface area contributed by atoms with Gasteiger partial charge in [0.15, 0.2) is 0 Å². The van der Waals surface area contributed by atoms with Crippen molar-refractivity contribution >= 4 is 0 Å². The standard InChI is InChI=1S/C15H25NO/c1-5-9-16-15(8-10-17-4)14-11-12(2)6-7-13(14)3/h6-7,11,15-16H,5,8-10H2,1-4H3. The summed E-state index contributed by atoms with van der Waals surface area (Å²) < 4.78 is 5.20. The zero-order valence-electron chi connectivity index (χ0n) is 11.5. The fourth-order valence-corrected chi connectivity index (χ4v) is 2.06. The van der Waals surface area contributed by atoms with E-state index in [0.717, 1.165) is 26.0 Å². The summed E-state index contributed by atoms with van der Waals surface area (Å²) >= 11 is 0. The largest absolute Gasteiger partial charge is 0.385 e. The Labute approximate surface area is 105 Å². The fourth-order valence-electron chi connectivity index (χ4n) is 2.06. The number of rotatable bonds is 7. The van der Waals surface area contributed by atoms with Crippen LogP contribution in [0, 0.1) is 13.8 Å². The number of benzene rings is 1. The average Bonchev–Trinajstić information content (AvgIpc) is 2.33. The lowest BCUT2D eigenvalue weighted by Crippen LogP contribution is -2.24. The first kappa shape index (κ1) is 14.2. The van der Waals surface area contributed by atoms with Gasteiger partial charge in [0, 0.05) is 19.8 Å². The molecular weight excluding hydrogens is 210 g/mol. The van der Waals surface area contributed by atoms with Crippen molar-refractivity contribution in [2.24, 2.45) is 0 Å². The molecule has 1 atom stereocenters. The summed E-state index contributed by atoms with van der Waals surface area (Å²) in [5.74, 6) is 0. The molecule has 1 N–H and O–H groups in total. The summed E-state index contributed by atoms with van der Waals surface area (Å²) in [7, 11) is 1.76. The quantitative estimate of drug-likeness (QED) is 0.782. The Morgan fingerprint density at radius 2 is 2.06 bits per heavy atom. The Bertz CT molecular complexity index is 328. The summed E-state index contributed by atoms with van der Waals surface area (Å²) in [6.45, 7) is 8.39. The molecule has 0 saturated carbocycles. The van der Waals surface area contributed by atoms with Gasteiger partial charge in [-0.3, -0.25) is 0 Å². The minimum absolute atomic E-state index is 0.412. The van der Waals surface area contributed by atoms with E-state index in [9.17, 15) is 0 Å². The molecule has 1 rings (SSSR count). The van der Waals surface area contributed by atoms with Crippen LogP contribution in [-0.4, -0.2) is 20.3 Å². The van der Waals surface area contributed by atoms with Gasteiger partial charge in [0.2, 0.25) is 0 Å². The van der Waals surface area contributed by atoms with Crippen molar-refractivity contribution < 1.29 is 4.74 Å². The molecule has 0 saturated heterocycles. The second-order valence-corrected chi connectivity index (χ2v) is 4.65. The predicted octanol–water partition coefficient (Wildman–Crippen LogP) is 3.38. The van der Waals surface area contributed by atoms with Crippen LogP contribution in [0.15, 0.2) is 18.2 Å². The van der Waals surface area contributed by atoms with E-state index in [1.165, 1.54) is 16.7 Å². The van der Waals surface area contributed by atoms with E-state index >= 15 is 0 Å². The number of hydrogen-bond donors (Lipinski definition) is 1. The number of methoxy groups -OCH3 is 1. The lowest BCUT2D eigenvalue weighted by Gasteiger charge is -2.21. The number of hydrogen-bond acceptors (Lipinski definition) is 2. The van der Waals surface area contributed by atoms with Gasteiger partial charge in [-0.2, -0.15) is 0 Å². The highest BCUT2D eigenvalue weighted by Gasteiger charge is 2.12. The van der Waals surface area contributed by atoms with Crippen LogP contribution in [0.2, 0.25) is 0 Å². The fraction of sp³-hybridized carbons (Fsp3) is 0.600. The molecule has 96 valence electrons. The highest BCUT2D eigenvalue weighted by atomic mass is 16.5. The molecule has 0 radical (unpaired) electrons. The topological polar surface area (TPSA) is 21.3 Å². The van der Waals surface area contributed by atoms with Gasteiger partial charge in [-0.05, 0) is 44.4 Å². The van der Waals surface area contributed by atoms with Crippen LogP contribution in [0.5, 0.6) is 0 Å². The maximum Gasteiger partial charge on any atom is 0.0480 e. The first-order valence-electron chi connectivity index (χ1n) is 6.48. The minimum Gasteiger partial charge on any atom is -0.385 e. The summed E-state index contributed by atoms with van der Waals surface area (Å²) in [5, 5.41) is 3.61. The summed E-state index contributed by atoms with van der Waals surface area (Å²) in [6.07, 6.45) is 2.19. The third-order valence-corrected chi connectivity index (χ3v) is 3.06. The molecule has 17 heavy (non-hydrogen) atoms. The van der Waals surface area contributed by atoms with Crippen molar-refractivity contribution in [3.05, 3.63) is 34.9 Å². The number of ether oxygens (including phenoxy) is 1. The second-order valence-electron chi connectivity index (χ2n) is 4.65. The van der Waals surface area contributed by atoms with Crippen molar-refractivity contribution in [3.63, 3.8) is 0 Å². The van der Waals surface area contributed by atoms with E-state index < -0.39 is 0 Å². The molecule has 0 spiro atoms.